The third kappa shape index (κ3) is 4.74. The predicted octanol–water partition coefficient (Wildman–Crippen LogP) is 3.94. The van der Waals surface area contributed by atoms with Gasteiger partial charge in [0.1, 0.15) is 5.69 Å². The van der Waals surface area contributed by atoms with Gasteiger partial charge in [-0.3, -0.25) is 9.59 Å². The Labute approximate surface area is 189 Å². The third-order valence-corrected chi connectivity index (χ3v) is 6.10. The molecule has 1 N–H and O–H groups in total. The van der Waals surface area contributed by atoms with Crippen LogP contribution in [0, 0.1) is 12.8 Å². The first-order valence-corrected chi connectivity index (χ1v) is 11.3. The van der Waals surface area contributed by atoms with Crippen LogP contribution in [0.15, 0.2) is 61.1 Å². The van der Waals surface area contributed by atoms with Gasteiger partial charge in [0.05, 0.1) is 18.4 Å². The van der Waals surface area contributed by atoms with Crippen molar-refractivity contribution in [1.82, 2.24) is 19.8 Å². The maximum absolute atomic E-state index is 13.5. The number of rotatable bonds is 6. The highest BCUT2D eigenvalue weighted by molar-refractivity contribution is 5.93. The van der Waals surface area contributed by atoms with Gasteiger partial charge in [-0.25, -0.2) is 4.98 Å². The van der Waals surface area contributed by atoms with Gasteiger partial charge >= 0.3 is 0 Å². The summed E-state index contributed by atoms with van der Waals surface area (Å²) in [5.41, 5.74) is 5.08. The molecule has 0 aliphatic carbocycles. The molecule has 166 valence electrons. The molecule has 32 heavy (non-hydrogen) atoms. The summed E-state index contributed by atoms with van der Waals surface area (Å²) in [5.74, 6) is -0.265. The number of aryl methyl sites for hydroxylation is 1. The Balaban J connectivity index is 1.63. The zero-order chi connectivity index (χ0) is 22.5. The molecular formula is C26H30N4O2. The van der Waals surface area contributed by atoms with Gasteiger partial charge < -0.3 is 14.8 Å². The van der Waals surface area contributed by atoms with Gasteiger partial charge in [0.15, 0.2) is 0 Å². The van der Waals surface area contributed by atoms with Crippen LogP contribution in [0.4, 0.5) is 0 Å². The van der Waals surface area contributed by atoms with E-state index < -0.39 is 0 Å². The highest BCUT2D eigenvalue weighted by Crippen LogP contribution is 2.28. The van der Waals surface area contributed by atoms with Crippen LogP contribution in [0.3, 0.4) is 0 Å². The molecule has 6 heteroatoms. The number of amides is 2. The molecule has 2 amide bonds. The lowest BCUT2D eigenvalue weighted by Gasteiger charge is -2.24. The molecule has 0 radical (unpaired) electrons. The topological polar surface area (TPSA) is 69.3 Å². The summed E-state index contributed by atoms with van der Waals surface area (Å²) in [6.45, 7) is 6.35. The fraction of sp³-hybridized carbons (Fsp3) is 0.346. The van der Waals surface area contributed by atoms with Crippen molar-refractivity contribution in [2.24, 2.45) is 5.92 Å². The van der Waals surface area contributed by atoms with Gasteiger partial charge in [0, 0.05) is 26.2 Å². The fourth-order valence-corrected chi connectivity index (χ4v) is 4.40. The second kappa shape index (κ2) is 9.81. The van der Waals surface area contributed by atoms with Gasteiger partial charge in [0.25, 0.3) is 5.91 Å². The molecule has 1 atom stereocenters. The van der Waals surface area contributed by atoms with Crippen molar-refractivity contribution in [2.75, 3.05) is 26.2 Å². The number of benzene rings is 2. The van der Waals surface area contributed by atoms with E-state index in [2.05, 4.69) is 60.2 Å². The number of aromatic nitrogens is 2. The predicted molar refractivity (Wildman–Crippen MR) is 125 cm³/mol. The van der Waals surface area contributed by atoms with Crippen molar-refractivity contribution in [3.63, 3.8) is 0 Å². The highest BCUT2D eigenvalue weighted by atomic mass is 16.2. The van der Waals surface area contributed by atoms with E-state index in [0.29, 0.717) is 38.3 Å². The lowest BCUT2D eigenvalue weighted by molar-refractivity contribution is -0.134. The van der Waals surface area contributed by atoms with E-state index in [4.69, 9.17) is 0 Å². The van der Waals surface area contributed by atoms with Crippen molar-refractivity contribution in [3.05, 3.63) is 77.9 Å². The Morgan fingerprint density at radius 2 is 1.91 bits per heavy atom. The average molecular weight is 431 g/mol. The van der Waals surface area contributed by atoms with Crippen LogP contribution in [0.1, 0.15) is 35.0 Å². The molecule has 1 aromatic heterocycles. The van der Waals surface area contributed by atoms with Crippen LogP contribution in [-0.2, 0) is 11.2 Å². The van der Waals surface area contributed by atoms with E-state index in [-0.39, 0.29) is 17.7 Å². The number of nitrogens with zero attached hydrogens (tertiary/aromatic N) is 3. The van der Waals surface area contributed by atoms with Gasteiger partial charge in [-0.1, -0.05) is 61.0 Å². The molecular weight excluding hydrogens is 400 g/mol. The Morgan fingerprint density at radius 1 is 1.12 bits per heavy atom. The summed E-state index contributed by atoms with van der Waals surface area (Å²) in [4.78, 5) is 37.1. The first-order chi connectivity index (χ1) is 15.6. The first-order valence-electron chi connectivity index (χ1n) is 11.3. The van der Waals surface area contributed by atoms with Gasteiger partial charge in [0.2, 0.25) is 5.91 Å². The van der Waals surface area contributed by atoms with Gasteiger partial charge in [-0.2, -0.15) is 0 Å². The highest BCUT2D eigenvalue weighted by Gasteiger charge is 2.33. The lowest BCUT2D eigenvalue weighted by Crippen LogP contribution is -2.38. The molecule has 1 aliphatic rings. The van der Waals surface area contributed by atoms with Crippen molar-refractivity contribution in [2.45, 2.75) is 26.7 Å². The monoisotopic (exact) mass is 430 g/mol. The maximum Gasteiger partial charge on any atom is 0.271 e. The van der Waals surface area contributed by atoms with E-state index in [1.807, 2.05) is 17.0 Å². The van der Waals surface area contributed by atoms with Crippen LogP contribution in [0.2, 0.25) is 0 Å². The molecule has 0 bridgehead atoms. The minimum atomic E-state index is -0.289. The van der Waals surface area contributed by atoms with E-state index in [0.717, 1.165) is 23.1 Å². The summed E-state index contributed by atoms with van der Waals surface area (Å²) in [6, 6.07) is 16.7. The van der Waals surface area contributed by atoms with Crippen molar-refractivity contribution in [1.29, 1.82) is 0 Å². The fourth-order valence-electron chi connectivity index (χ4n) is 4.40. The summed E-state index contributed by atoms with van der Waals surface area (Å²) in [5, 5.41) is 0. The number of nitrogens with one attached hydrogen (secondary N) is 1. The Hall–Kier alpha value is -3.41. The minimum Gasteiger partial charge on any atom is -0.341 e. The number of hydrogen-bond acceptors (Lipinski definition) is 3. The molecule has 0 spiro atoms. The van der Waals surface area contributed by atoms with Gasteiger partial charge in [-0.15, -0.1) is 0 Å². The minimum absolute atomic E-state index is 0.106. The van der Waals surface area contributed by atoms with Gasteiger partial charge in [-0.05, 0) is 36.5 Å². The summed E-state index contributed by atoms with van der Waals surface area (Å²) in [7, 11) is 0. The number of aromatic amines is 1. The van der Waals surface area contributed by atoms with Crippen LogP contribution >= 0.6 is 0 Å². The SMILES string of the molecule is CCCN1CCN(C(=O)c2cnc[nH]2)C[C@H](Cc2ccccc2-c2ccc(C)cc2)C1=O. The zero-order valence-electron chi connectivity index (χ0n) is 18.8. The smallest absolute Gasteiger partial charge is 0.271 e. The van der Waals surface area contributed by atoms with E-state index in [1.54, 1.807) is 11.1 Å². The second-order valence-corrected chi connectivity index (χ2v) is 8.47. The molecule has 1 aliphatic heterocycles. The molecule has 0 unspecified atom stereocenters. The summed E-state index contributed by atoms with van der Waals surface area (Å²) in [6.07, 6.45) is 4.54. The van der Waals surface area contributed by atoms with E-state index in [9.17, 15) is 9.59 Å². The molecule has 0 saturated carbocycles. The first kappa shape index (κ1) is 21.8. The number of carbonyl (C=O) groups excluding carboxylic acids is 2. The molecule has 4 rings (SSSR count). The molecule has 6 nitrogen and oxygen atoms in total. The third-order valence-electron chi connectivity index (χ3n) is 6.10. The van der Waals surface area contributed by atoms with Crippen LogP contribution in [0.25, 0.3) is 11.1 Å². The largest absolute Gasteiger partial charge is 0.341 e. The number of imidazole rings is 1. The maximum atomic E-state index is 13.5. The quantitative estimate of drug-likeness (QED) is 0.644. The van der Waals surface area contributed by atoms with Crippen molar-refractivity contribution in [3.8, 4) is 11.1 Å². The normalized spacial score (nSPS) is 16.8. The standard InChI is InChI=1S/C26H30N4O2/c1-3-12-29-13-14-30(26(32)24-16-27-18-28-24)17-22(25(29)31)15-21-6-4-5-7-23(21)20-10-8-19(2)9-11-20/h4-11,16,18,22H,3,12-15,17H2,1-2H3,(H,27,28)/t22-/m0/s1. The average Bonchev–Trinajstić information content (AvgIpc) is 3.30. The zero-order valence-corrected chi connectivity index (χ0v) is 18.8. The van der Waals surface area contributed by atoms with Crippen LogP contribution in [-0.4, -0.2) is 57.8 Å². The van der Waals surface area contributed by atoms with E-state index in [1.165, 1.54) is 11.9 Å². The summed E-state index contributed by atoms with van der Waals surface area (Å²) < 4.78 is 0. The lowest BCUT2D eigenvalue weighted by atomic mass is 9.91. The number of H-pyrrole nitrogens is 1. The second-order valence-electron chi connectivity index (χ2n) is 8.47. The number of hydrogen-bond donors (Lipinski definition) is 1. The number of carbonyl (C=O) groups is 2. The molecule has 1 saturated heterocycles. The molecule has 3 aromatic rings. The van der Waals surface area contributed by atoms with E-state index >= 15 is 0 Å². The molecule has 2 heterocycles. The Bertz CT molecular complexity index is 1060. The molecule has 2 aromatic carbocycles. The Morgan fingerprint density at radius 3 is 2.62 bits per heavy atom. The Kier molecular flexibility index (Phi) is 6.69. The molecule has 1 fully saturated rings. The van der Waals surface area contributed by atoms with Crippen LogP contribution < -0.4 is 0 Å². The van der Waals surface area contributed by atoms with Crippen molar-refractivity contribution >= 4 is 11.8 Å². The van der Waals surface area contributed by atoms with Crippen molar-refractivity contribution < 1.29 is 9.59 Å². The summed E-state index contributed by atoms with van der Waals surface area (Å²) >= 11 is 0. The van der Waals surface area contributed by atoms with Crippen LogP contribution in [0.5, 0.6) is 0 Å².